The third-order valence-corrected chi connectivity index (χ3v) is 1.87. The maximum atomic E-state index is 11.3. The van der Waals surface area contributed by atoms with Gasteiger partial charge in [0, 0.05) is 19.2 Å². The zero-order valence-electron chi connectivity index (χ0n) is 8.50. The van der Waals surface area contributed by atoms with Crippen LogP contribution in [-0.2, 0) is 4.79 Å². The van der Waals surface area contributed by atoms with E-state index >= 15 is 0 Å². The van der Waals surface area contributed by atoms with E-state index in [1.807, 2.05) is 26.1 Å². The van der Waals surface area contributed by atoms with Gasteiger partial charge in [-0.2, -0.15) is 0 Å². The lowest BCUT2D eigenvalue weighted by atomic mass is 10.3. The van der Waals surface area contributed by atoms with Crippen LogP contribution < -0.4 is 10.6 Å². The maximum Gasteiger partial charge on any atom is 0.226 e. The first-order valence-electron chi connectivity index (χ1n) is 4.60. The molecule has 0 saturated carbocycles. The topological polar surface area (TPSA) is 54.0 Å². The van der Waals surface area contributed by atoms with Gasteiger partial charge in [0.1, 0.15) is 5.82 Å². The van der Waals surface area contributed by atoms with Gasteiger partial charge in [-0.15, -0.1) is 0 Å². The highest BCUT2D eigenvalue weighted by Crippen LogP contribution is 2.08. The van der Waals surface area contributed by atoms with Crippen molar-refractivity contribution in [1.29, 1.82) is 0 Å². The highest BCUT2D eigenvalue weighted by Gasteiger charge is 2.03. The Bertz CT molecular complexity index is 312. The molecule has 4 nitrogen and oxygen atoms in total. The molecule has 0 fully saturated rings. The first-order valence-corrected chi connectivity index (χ1v) is 4.60. The molecule has 1 aromatic rings. The van der Waals surface area contributed by atoms with E-state index in [9.17, 15) is 4.79 Å². The van der Waals surface area contributed by atoms with Gasteiger partial charge in [0.2, 0.25) is 5.91 Å². The number of aromatic nitrogens is 1. The third kappa shape index (κ3) is 3.14. The molecular formula is C10H15N3O. The van der Waals surface area contributed by atoms with Gasteiger partial charge in [0.05, 0.1) is 0 Å². The number of carbonyl (C=O) groups excluding carboxylic acids is 1. The molecule has 0 unspecified atom stereocenters. The largest absolute Gasteiger partial charge is 0.319 e. The quantitative estimate of drug-likeness (QED) is 0.748. The lowest BCUT2D eigenvalue weighted by Gasteiger charge is -2.06. The van der Waals surface area contributed by atoms with Crippen LogP contribution in [0.4, 0.5) is 5.82 Å². The van der Waals surface area contributed by atoms with Crippen LogP contribution in [0.5, 0.6) is 0 Å². The van der Waals surface area contributed by atoms with Gasteiger partial charge in [0.25, 0.3) is 0 Å². The molecule has 1 aromatic heterocycles. The summed E-state index contributed by atoms with van der Waals surface area (Å²) in [7, 11) is 1.82. The second kappa shape index (κ2) is 5.34. The van der Waals surface area contributed by atoms with Crippen LogP contribution in [0.3, 0.4) is 0 Å². The normalized spacial score (nSPS) is 9.86. The Balaban J connectivity index is 2.52. The minimum absolute atomic E-state index is 0.0128. The molecule has 0 atom stereocenters. The minimum atomic E-state index is -0.0128. The molecule has 4 heteroatoms. The fourth-order valence-corrected chi connectivity index (χ4v) is 1.05. The number of hydrogen-bond donors (Lipinski definition) is 2. The molecule has 1 amide bonds. The molecule has 0 radical (unpaired) electrons. The molecule has 1 heterocycles. The molecule has 76 valence electrons. The van der Waals surface area contributed by atoms with Crippen LogP contribution in [-0.4, -0.2) is 24.5 Å². The van der Waals surface area contributed by atoms with E-state index in [1.54, 1.807) is 6.20 Å². The van der Waals surface area contributed by atoms with E-state index in [-0.39, 0.29) is 5.91 Å². The number of anilines is 1. The van der Waals surface area contributed by atoms with Gasteiger partial charge in [-0.25, -0.2) is 4.98 Å². The number of pyridine rings is 1. The van der Waals surface area contributed by atoms with E-state index in [0.29, 0.717) is 18.8 Å². The summed E-state index contributed by atoms with van der Waals surface area (Å²) in [5.74, 6) is 0.634. The van der Waals surface area contributed by atoms with Crippen molar-refractivity contribution >= 4 is 11.7 Å². The second-order valence-corrected chi connectivity index (χ2v) is 3.07. The minimum Gasteiger partial charge on any atom is -0.319 e. The zero-order valence-corrected chi connectivity index (χ0v) is 8.50. The molecule has 0 saturated heterocycles. The number of hydrogen-bond acceptors (Lipinski definition) is 3. The first-order chi connectivity index (χ1) is 6.74. The Hall–Kier alpha value is -1.42. The molecule has 0 aliphatic carbocycles. The molecule has 0 aromatic carbocycles. The Morgan fingerprint density at radius 3 is 3.00 bits per heavy atom. The van der Waals surface area contributed by atoms with Crippen LogP contribution in [0.25, 0.3) is 0 Å². The van der Waals surface area contributed by atoms with Crippen molar-refractivity contribution in [2.24, 2.45) is 0 Å². The first kappa shape index (κ1) is 10.7. The highest BCUT2D eigenvalue weighted by molar-refractivity contribution is 5.90. The van der Waals surface area contributed by atoms with Crippen molar-refractivity contribution in [2.75, 3.05) is 18.9 Å². The molecule has 1 rings (SSSR count). The SMILES string of the molecule is CNCCC(=O)Nc1ncccc1C. The Morgan fingerprint density at radius 2 is 2.36 bits per heavy atom. The van der Waals surface area contributed by atoms with E-state index in [0.717, 1.165) is 5.56 Å². The van der Waals surface area contributed by atoms with Crippen molar-refractivity contribution in [2.45, 2.75) is 13.3 Å². The Labute approximate surface area is 83.7 Å². The van der Waals surface area contributed by atoms with Gasteiger partial charge < -0.3 is 10.6 Å². The summed E-state index contributed by atoms with van der Waals surface area (Å²) in [6.07, 6.45) is 2.13. The van der Waals surface area contributed by atoms with Crippen LogP contribution >= 0.6 is 0 Å². The number of nitrogens with zero attached hydrogens (tertiary/aromatic N) is 1. The van der Waals surface area contributed by atoms with E-state index in [4.69, 9.17) is 0 Å². The molecular weight excluding hydrogens is 178 g/mol. The average Bonchev–Trinajstić information content (AvgIpc) is 2.18. The lowest BCUT2D eigenvalue weighted by molar-refractivity contribution is -0.116. The molecule has 0 bridgehead atoms. The summed E-state index contributed by atoms with van der Waals surface area (Å²) in [6.45, 7) is 2.60. The van der Waals surface area contributed by atoms with E-state index in [2.05, 4.69) is 15.6 Å². The summed E-state index contributed by atoms with van der Waals surface area (Å²) in [5, 5.41) is 5.67. The molecule has 14 heavy (non-hydrogen) atoms. The van der Waals surface area contributed by atoms with Crippen molar-refractivity contribution in [3.63, 3.8) is 0 Å². The van der Waals surface area contributed by atoms with Gasteiger partial charge in [-0.3, -0.25) is 4.79 Å². The standard InChI is InChI=1S/C10H15N3O/c1-8-4-3-6-12-10(8)13-9(14)5-7-11-2/h3-4,6,11H,5,7H2,1-2H3,(H,12,13,14). The number of nitrogens with one attached hydrogen (secondary N) is 2. The van der Waals surface area contributed by atoms with Crippen molar-refractivity contribution < 1.29 is 4.79 Å². The van der Waals surface area contributed by atoms with E-state index in [1.165, 1.54) is 0 Å². The van der Waals surface area contributed by atoms with Crippen molar-refractivity contribution in [1.82, 2.24) is 10.3 Å². The number of carbonyl (C=O) groups is 1. The number of amides is 1. The van der Waals surface area contributed by atoms with Crippen LogP contribution in [0, 0.1) is 6.92 Å². The molecule has 0 spiro atoms. The maximum absolute atomic E-state index is 11.3. The van der Waals surface area contributed by atoms with Crippen molar-refractivity contribution in [3.8, 4) is 0 Å². The second-order valence-electron chi connectivity index (χ2n) is 3.07. The summed E-state index contributed by atoms with van der Waals surface area (Å²) < 4.78 is 0. The fraction of sp³-hybridized carbons (Fsp3) is 0.400. The van der Waals surface area contributed by atoms with Gasteiger partial charge in [-0.05, 0) is 25.6 Å². The third-order valence-electron chi connectivity index (χ3n) is 1.87. The average molecular weight is 193 g/mol. The predicted octanol–water partition coefficient (Wildman–Crippen LogP) is 0.938. The van der Waals surface area contributed by atoms with Crippen LogP contribution in [0.15, 0.2) is 18.3 Å². The summed E-state index contributed by atoms with van der Waals surface area (Å²) >= 11 is 0. The summed E-state index contributed by atoms with van der Waals surface area (Å²) in [4.78, 5) is 15.4. The van der Waals surface area contributed by atoms with Gasteiger partial charge in [-0.1, -0.05) is 6.07 Å². The molecule has 0 aliphatic heterocycles. The van der Waals surface area contributed by atoms with E-state index < -0.39 is 0 Å². The van der Waals surface area contributed by atoms with Gasteiger partial charge >= 0.3 is 0 Å². The van der Waals surface area contributed by atoms with Gasteiger partial charge in [0.15, 0.2) is 0 Å². The molecule has 0 aliphatic rings. The fourth-order valence-electron chi connectivity index (χ4n) is 1.05. The molecule has 2 N–H and O–H groups in total. The van der Waals surface area contributed by atoms with Crippen LogP contribution in [0.1, 0.15) is 12.0 Å². The Kier molecular flexibility index (Phi) is 4.07. The van der Waals surface area contributed by atoms with Crippen LogP contribution in [0.2, 0.25) is 0 Å². The monoisotopic (exact) mass is 193 g/mol. The summed E-state index contributed by atoms with van der Waals surface area (Å²) in [5.41, 5.74) is 0.977. The summed E-state index contributed by atoms with van der Waals surface area (Å²) in [6, 6.07) is 3.76. The smallest absolute Gasteiger partial charge is 0.226 e. The lowest BCUT2D eigenvalue weighted by Crippen LogP contribution is -2.19. The number of aryl methyl sites for hydroxylation is 1. The van der Waals surface area contributed by atoms with Crippen molar-refractivity contribution in [3.05, 3.63) is 23.9 Å². The predicted molar refractivity (Wildman–Crippen MR) is 56.1 cm³/mol. The zero-order chi connectivity index (χ0) is 10.4. The number of rotatable bonds is 4. The highest BCUT2D eigenvalue weighted by atomic mass is 16.1. The Morgan fingerprint density at radius 1 is 1.57 bits per heavy atom.